The molecular weight excluding hydrogens is 258 g/mol. The minimum atomic E-state index is 0.534. The normalized spacial score (nSPS) is 11.3. The number of hydrogen-bond acceptors (Lipinski definition) is 3. The lowest BCUT2D eigenvalue weighted by Gasteiger charge is -2.27. The predicted octanol–water partition coefficient (Wildman–Crippen LogP) is 3.96. The average molecular weight is 285 g/mol. The van der Waals surface area contributed by atoms with Crippen LogP contribution in [-0.2, 0) is 6.54 Å². The molecule has 3 nitrogen and oxygen atoms in total. The number of nitrogens with two attached hydrogens (primary N) is 1. The van der Waals surface area contributed by atoms with Gasteiger partial charge in [-0.3, -0.25) is 0 Å². The molecule has 0 aliphatic carbocycles. The van der Waals surface area contributed by atoms with E-state index in [2.05, 4.69) is 49.9 Å². The maximum absolute atomic E-state index is 5.84. The SMILES string of the molecule is CCC(CC)CN(CC)c1ncc(CN)c2ccccc12. The number of benzene rings is 1. The Labute approximate surface area is 128 Å². The standard InChI is InChI=1S/C18H27N3/c1-4-14(5-2)13-21(6-3)18-17-10-8-7-9-16(17)15(11-19)12-20-18/h7-10,12,14H,4-6,11,13,19H2,1-3H3. The molecular formula is C18H27N3. The molecule has 0 saturated carbocycles. The van der Waals surface area contributed by atoms with Crippen LogP contribution in [0, 0.1) is 5.92 Å². The van der Waals surface area contributed by atoms with Crippen LogP contribution in [-0.4, -0.2) is 18.1 Å². The zero-order valence-electron chi connectivity index (χ0n) is 13.5. The molecule has 0 fully saturated rings. The first-order chi connectivity index (χ1) is 10.2. The van der Waals surface area contributed by atoms with Crippen LogP contribution in [0.5, 0.6) is 0 Å². The second kappa shape index (κ2) is 7.41. The van der Waals surface area contributed by atoms with Gasteiger partial charge in [0.05, 0.1) is 0 Å². The number of nitrogens with zero attached hydrogens (tertiary/aromatic N) is 2. The highest BCUT2D eigenvalue weighted by molar-refractivity contribution is 5.94. The Kier molecular flexibility index (Phi) is 5.57. The molecule has 2 rings (SSSR count). The Morgan fingerprint density at radius 3 is 2.33 bits per heavy atom. The third kappa shape index (κ3) is 3.35. The second-order valence-corrected chi connectivity index (χ2v) is 5.58. The summed E-state index contributed by atoms with van der Waals surface area (Å²) in [6.45, 7) is 9.33. The van der Waals surface area contributed by atoms with Crippen molar-refractivity contribution < 1.29 is 0 Å². The summed E-state index contributed by atoms with van der Waals surface area (Å²) in [6, 6.07) is 8.46. The monoisotopic (exact) mass is 285 g/mol. The summed E-state index contributed by atoms with van der Waals surface area (Å²) in [6.07, 6.45) is 4.37. The van der Waals surface area contributed by atoms with E-state index in [0.29, 0.717) is 6.54 Å². The second-order valence-electron chi connectivity index (χ2n) is 5.58. The number of fused-ring (bicyclic) bond motifs is 1. The summed E-state index contributed by atoms with van der Waals surface area (Å²) >= 11 is 0. The molecule has 0 aliphatic heterocycles. The third-order valence-corrected chi connectivity index (χ3v) is 4.39. The van der Waals surface area contributed by atoms with Crippen molar-refractivity contribution >= 4 is 16.6 Å². The molecule has 1 aromatic carbocycles. The van der Waals surface area contributed by atoms with Gasteiger partial charge in [0.2, 0.25) is 0 Å². The zero-order chi connectivity index (χ0) is 15.2. The first-order valence-corrected chi connectivity index (χ1v) is 8.06. The van der Waals surface area contributed by atoms with Crippen LogP contribution in [0.2, 0.25) is 0 Å². The van der Waals surface area contributed by atoms with Gasteiger partial charge in [0.25, 0.3) is 0 Å². The van der Waals surface area contributed by atoms with Gasteiger partial charge < -0.3 is 10.6 Å². The van der Waals surface area contributed by atoms with Crippen LogP contribution >= 0.6 is 0 Å². The van der Waals surface area contributed by atoms with Crippen molar-refractivity contribution in [2.45, 2.75) is 40.2 Å². The number of anilines is 1. The number of hydrogen-bond donors (Lipinski definition) is 1. The van der Waals surface area contributed by atoms with E-state index in [9.17, 15) is 0 Å². The van der Waals surface area contributed by atoms with Crippen molar-refractivity contribution in [3.63, 3.8) is 0 Å². The molecule has 0 spiro atoms. The van der Waals surface area contributed by atoms with E-state index >= 15 is 0 Å². The van der Waals surface area contributed by atoms with Gasteiger partial charge in [-0.05, 0) is 23.8 Å². The lowest BCUT2D eigenvalue weighted by atomic mass is 10.0. The van der Waals surface area contributed by atoms with E-state index in [4.69, 9.17) is 10.7 Å². The highest BCUT2D eigenvalue weighted by atomic mass is 15.2. The van der Waals surface area contributed by atoms with Crippen molar-refractivity contribution in [3.8, 4) is 0 Å². The van der Waals surface area contributed by atoms with Gasteiger partial charge >= 0.3 is 0 Å². The summed E-state index contributed by atoms with van der Waals surface area (Å²) < 4.78 is 0. The van der Waals surface area contributed by atoms with Crippen molar-refractivity contribution in [2.24, 2.45) is 11.7 Å². The molecule has 0 unspecified atom stereocenters. The van der Waals surface area contributed by atoms with Crippen molar-refractivity contribution in [3.05, 3.63) is 36.0 Å². The number of rotatable bonds is 7. The highest BCUT2D eigenvalue weighted by Gasteiger charge is 2.15. The van der Waals surface area contributed by atoms with Crippen LogP contribution in [0.3, 0.4) is 0 Å². The summed E-state index contributed by atoms with van der Waals surface area (Å²) in [7, 11) is 0. The Morgan fingerprint density at radius 1 is 1.10 bits per heavy atom. The highest BCUT2D eigenvalue weighted by Crippen LogP contribution is 2.28. The van der Waals surface area contributed by atoms with Gasteiger partial charge in [-0.2, -0.15) is 0 Å². The topological polar surface area (TPSA) is 42.2 Å². The van der Waals surface area contributed by atoms with Crippen molar-refractivity contribution in [1.29, 1.82) is 0 Å². The molecule has 1 aromatic heterocycles. The summed E-state index contributed by atoms with van der Waals surface area (Å²) in [5.41, 5.74) is 6.96. The molecule has 1 heterocycles. The van der Waals surface area contributed by atoms with Crippen molar-refractivity contribution in [1.82, 2.24) is 4.98 Å². The molecule has 3 heteroatoms. The van der Waals surface area contributed by atoms with Crippen LogP contribution in [0.15, 0.2) is 30.5 Å². The summed E-state index contributed by atoms with van der Waals surface area (Å²) in [4.78, 5) is 7.12. The smallest absolute Gasteiger partial charge is 0.136 e. The third-order valence-electron chi connectivity index (χ3n) is 4.39. The molecule has 114 valence electrons. The van der Waals surface area contributed by atoms with E-state index in [-0.39, 0.29) is 0 Å². The largest absolute Gasteiger partial charge is 0.356 e. The molecule has 2 N–H and O–H groups in total. The Morgan fingerprint density at radius 2 is 1.76 bits per heavy atom. The number of aromatic nitrogens is 1. The van der Waals surface area contributed by atoms with Gasteiger partial charge in [0, 0.05) is 31.2 Å². The molecule has 0 aliphatic rings. The lowest BCUT2D eigenvalue weighted by Crippen LogP contribution is -2.30. The molecule has 2 aromatic rings. The van der Waals surface area contributed by atoms with E-state index in [1.165, 1.54) is 23.6 Å². The Balaban J connectivity index is 2.44. The Hall–Kier alpha value is -1.61. The maximum atomic E-state index is 5.84. The van der Waals surface area contributed by atoms with Gasteiger partial charge in [-0.25, -0.2) is 4.98 Å². The van der Waals surface area contributed by atoms with E-state index in [0.717, 1.165) is 30.4 Å². The Bertz CT molecular complexity index is 576. The minimum Gasteiger partial charge on any atom is -0.356 e. The summed E-state index contributed by atoms with van der Waals surface area (Å²) in [5, 5.41) is 2.45. The zero-order valence-corrected chi connectivity index (χ0v) is 13.5. The van der Waals surface area contributed by atoms with Gasteiger partial charge in [0.1, 0.15) is 5.82 Å². The fourth-order valence-corrected chi connectivity index (χ4v) is 2.87. The van der Waals surface area contributed by atoms with Gasteiger partial charge in [-0.1, -0.05) is 51.0 Å². The van der Waals surface area contributed by atoms with Crippen molar-refractivity contribution in [2.75, 3.05) is 18.0 Å². The molecule has 0 amide bonds. The molecule has 0 atom stereocenters. The first kappa shape index (κ1) is 15.8. The number of pyridine rings is 1. The van der Waals surface area contributed by atoms with Crippen LogP contribution in [0.25, 0.3) is 10.8 Å². The van der Waals surface area contributed by atoms with Gasteiger partial charge in [0.15, 0.2) is 0 Å². The summed E-state index contributed by atoms with van der Waals surface area (Å²) in [5.74, 6) is 1.82. The molecule has 0 radical (unpaired) electrons. The van der Waals surface area contributed by atoms with Crippen LogP contribution in [0.4, 0.5) is 5.82 Å². The molecule has 0 bridgehead atoms. The quantitative estimate of drug-likeness (QED) is 0.837. The van der Waals surface area contributed by atoms with Gasteiger partial charge in [-0.15, -0.1) is 0 Å². The molecule has 21 heavy (non-hydrogen) atoms. The van der Waals surface area contributed by atoms with E-state index in [1.807, 2.05) is 6.20 Å². The van der Waals surface area contributed by atoms with E-state index in [1.54, 1.807) is 0 Å². The fourth-order valence-electron chi connectivity index (χ4n) is 2.87. The van der Waals surface area contributed by atoms with Crippen LogP contribution in [0.1, 0.15) is 39.2 Å². The fraction of sp³-hybridized carbons (Fsp3) is 0.500. The minimum absolute atomic E-state index is 0.534. The predicted molar refractivity (Wildman–Crippen MR) is 91.6 cm³/mol. The van der Waals surface area contributed by atoms with Crippen LogP contribution < -0.4 is 10.6 Å². The molecule has 0 saturated heterocycles. The first-order valence-electron chi connectivity index (χ1n) is 8.06. The average Bonchev–Trinajstić information content (AvgIpc) is 2.55. The maximum Gasteiger partial charge on any atom is 0.136 e. The van der Waals surface area contributed by atoms with E-state index < -0.39 is 0 Å². The lowest BCUT2D eigenvalue weighted by molar-refractivity contribution is 0.485.